The summed E-state index contributed by atoms with van der Waals surface area (Å²) in [5, 5.41) is 20.0. The van der Waals surface area contributed by atoms with Gasteiger partial charge < -0.3 is 10.8 Å². The first kappa shape index (κ1) is 13.4. The van der Waals surface area contributed by atoms with E-state index in [1.54, 1.807) is 12.1 Å². The number of phenolic OH excluding ortho intramolecular Hbond substituents is 1. The number of hydrogen-bond acceptors (Lipinski definition) is 4. The highest BCUT2D eigenvalue weighted by atomic mass is 79.9. The van der Waals surface area contributed by atoms with Crippen molar-refractivity contribution in [2.75, 3.05) is 5.73 Å². The monoisotopic (exact) mass is 339 g/mol. The average molecular weight is 340 g/mol. The van der Waals surface area contributed by atoms with Gasteiger partial charge in [0.25, 0.3) is 0 Å². The molecule has 0 saturated carbocycles. The van der Waals surface area contributed by atoms with E-state index in [0.29, 0.717) is 22.6 Å². The number of fused-ring (bicyclic) bond motifs is 1. The van der Waals surface area contributed by atoms with Crippen LogP contribution in [0.2, 0.25) is 0 Å². The fourth-order valence-electron chi connectivity index (χ4n) is 2.19. The third-order valence-electron chi connectivity index (χ3n) is 3.16. The van der Waals surface area contributed by atoms with Crippen molar-refractivity contribution in [3.63, 3.8) is 0 Å². The van der Waals surface area contributed by atoms with Gasteiger partial charge in [0.2, 0.25) is 0 Å². The Morgan fingerprint density at radius 2 is 1.81 bits per heavy atom. The molecule has 4 nitrogen and oxygen atoms in total. The molecule has 0 unspecified atom stereocenters. The van der Waals surface area contributed by atoms with Crippen LogP contribution in [-0.2, 0) is 0 Å². The number of rotatable bonds is 1. The number of aromatic hydroxyl groups is 1. The molecule has 0 amide bonds. The fourth-order valence-corrected chi connectivity index (χ4v) is 2.42. The van der Waals surface area contributed by atoms with Crippen LogP contribution in [0, 0.1) is 10.8 Å². The number of nitrogen functional groups attached to an aromatic ring is 1. The molecule has 1 aromatic heterocycles. The molecular formula is C16H10BrN3O. The van der Waals surface area contributed by atoms with Gasteiger partial charge in [0.1, 0.15) is 11.4 Å². The van der Waals surface area contributed by atoms with Gasteiger partial charge in [-0.1, -0.05) is 30.2 Å². The van der Waals surface area contributed by atoms with E-state index in [1.807, 2.05) is 30.3 Å². The molecule has 0 radical (unpaired) electrons. The van der Waals surface area contributed by atoms with E-state index < -0.39 is 0 Å². The Hall–Kier alpha value is -2.58. The molecule has 0 aliphatic carbocycles. The summed E-state index contributed by atoms with van der Waals surface area (Å²) in [4.78, 5) is 2.61. The lowest BCUT2D eigenvalue weighted by atomic mass is 10.0. The summed E-state index contributed by atoms with van der Waals surface area (Å²) in [6.07, 6.45) is 0. The van der Waals surface area contributed by atoms with E-state index in [9.17, 15) is 5.11 Å². The van der Waals surface area contributed by atoms with Crippen LogP contribution in [0.1, 0.15) is 5.56 Å². The number of hydrogen-bond donors (Lipinski definition) is 2. The van der Waals surface area contributed by atoms with Gasteiger partial charge in [-0.05, 0) is 23.0 Å². The fraction of sp³-hybridized carbons (Fsp3) is 0. The first-order chi connectivity index (χ1) is 10.2. The Balaban J connectivity index is 2.25. The molecule has 102 valence electrons. The third kappa shape index (κ3) is 2.41. The van der Waals surface area contributed by atoms with Gasteiger partial charge in [0, 0.05) is 37.8 Å². The van der Waals surface area contributed by atoms with Gasteiger partial charge >= 0.3 is 0 Å². The van der Waals surface area contributed by atoms with Gasteiger partial charge in [-0.25, -0.2) is 0 Å². The lowest BCUT2D eigenvalue weighted by molar-refractivity contribution is 0.477. The van der Waals surface area contributed by atoms with Crippen LogP contribution in [0.15, 0.2) is 42.5 Å². The highest BCUT2D eigenvalue weighted by Crippen LogP contribution is 2.34. The van der Waals surface area contributed by atoms with Crippen molar-refractivity contribution < 1.29 is 5.11 Å². The summed E-state index contributed by atoms with van der Waals surface area (Å²) in [5.41, 5.74) is 7.74. The molecule has 3 aromatic rings. The third-order valence-corrected chi connectivity index (χ3v) is 3.36. The smallest absolute Gasteiger partial charge is 0.154 e. The zero-order valence-electron chi connectivity index (χ0n) is 10.8. The molecule has 1 heterocycles. The van der Waals surface area contributed by atoms with Gasteiger partial charge in [0.15, 0.2) is 5.82 Å². The second-order valence-corrected chi connectivity index (χ2v) is 4.83. The van der Waals surface area contributed by atoms with Crippen LogP contribution < -0.4 is 5.73 Å². The molecule has 0 fully saturated rings. The Morgan fingerprint density at radius 3 is 2.52 bits per heavy atom. The summed E-state index contributed by atoms with van der Waals surface area (Å²) in [7, 11) is 0. The van der Waals surface area contributed by atoms with E-state index in [0.717, 1.165) is 10.8 Å². The molecule has 0 bridgehead atoms. The van der Waals surface area contributed by atoms with E-state index in [4.69, 9.17) is 5.73 Å². The van der Waals surface area contributed by atoms with E-state index >= 15 is 0 Å². The van der Waals surface area contributed by atoms with Crippen molar-refractivity contribution in [3.05, 3.63) is 48.0 Å². The van der Waals surface area contributed by atoms with Crippen LogP contribution in [0.4, 0.5) is 5.82 Å². The Kier molecular flexibility index (Phi) is 3.46. The summed E-state index contributed by atoms with van der Waals surface area (Å²) < 4.78 is 0. The topological polar surface area (TPSA) is 72.0 Å². The van der Waals surface area contributed by atoms with Gasteiger partial charge in [-0.15, -0.1) is 10.2 Å². The van der Waals surface area contributed by atoms with Crippen molar-refractivity contribution >= 4 is 32.5 Å². The minimum Gasteiger partial charge on any atom is -0.507 e. The quantitative estimate of drug-likeness (QED) is 0.667. The van der Waals surface area contributed by atoms with Crippen LogP contribution in [0.25, 0.3) is 22.0 Å². The minimum absolute atomic E-state index is 0.104. The number of phenols is 1. The van der Waals surface area contributed by atoms with Crippen LogP contribution >= 0.6 is 15.9 Å². The molecule has 0 atom stereocenters. The normalized spacial score (nSPS) is 10.1. The highest BCUT2D eigenvalue weighted by molar-refractivity contribution is 9.12. The zero-order valence-corrected chi connectivity index (χ0v) is 12.4. The highest BCUT2D eigenvalue weighted by Gasteiger charge is 2.12. The summed E-state index contributed by atoms with van der Waals surface area (Å²) in [6, 6.07) is 12.8. The van der Waals surface area contributed by atoms with Gasteiger partial charge in [0.05, 0.1) is 0 Å². The number of benzene rings is 2. The predicted octanol–water partition coefficient (Wildman–Crippen LogP) is 3.29. The van der Waals surface area contributed by atoms with E-state index in [-0.39, 0.29) is 5.75 Å². The largest absolute Gasteiger partial charge is 0.507 e. The summed E-state index contributed by atoms with van der Waals surface area (Å²) in [5.74, 6) is 3.30. The second-order valence-electron chi connectivity index (χ2n) is 4.43. The van der Waals surface area contributed by atoms with Crippen molar-refractivity contribution in [1.29, 1.82) is 0 Å². The SMILES string of the molecule is Nc1nnc(-c2ccc(C#CBr)cc2O)c2ccccc12. The molecule has 0 aliphatic rings. The molecule has 0 saturated heterocycles. The molecule has 5 heteroatoms. The predicted molar refractivity (Wildman–Crippen MR) is 86.9 cm³/mol. The Bertz CT molecular complexity index is 897. The molecule has 3 rings (SSSR count). The zero-order chi connectivity index (χ0) is 14.8. The maximum atomic E-state index is 10.2. The number of halogens is 1. The summed E-state index contributed by atoms with van der Waals surface area (Å²) in [6.45, 7) is 0. The standard InChI is InChI=1S/C16H10BrN3O/c17-8-7-10-5-6-13(14(21)9-10)15-11-3-1-2-4-12(11)16(18)20-19-15/h1-6,9,21H,(H2,18,20). The maximum Gasteiger partial charge on any atom is 0.154 e. The Labute approximate surface area is 129 Å². The average Bonchev–Trinajstić information content (AvgIpc) is 2.49. The van der Waals surface area contributed by atoms with Crippen molar-refractivity contribution in [2.24, 2.45) is 0 Å². The van der Waals surface area contributed by atoms with E-state index in [1.165, 1.54) is 0 Å². The van der Waals surface area contributed by atoms with Crippen molar-refractivity contribution in [3.8, 4) is 27.8 Å². The molecule has 0 aliphatic heterocycles. The second kappa shape index (κ2) is 5.43. The number of nitrogens with zero attached hydrogens (tertiary/aromatic N) is 2. The first-order valence-electron chi connectivity index (χ1n) is 6.16. The Morgan fingerprint density at radius 1 is 1.05 bits per heavy atom. The van der Waals surface area contributed by atoms with Gasteiger partial charge in [-0.3, -0.25) is 0 Å². The molecule has 21 heavy (non-hydrogen) atoms. The lowest BCUT2D eigenvalue weighted by Gasteiger charge is -2.08. The number of anilines is 1. The van der Waals surface area contributed by atoms with E-state index in [2.05, 4.69) is 36.9 Å². The molecule has 0 spiro atoms. The molecule has 3 N–H and O–H groups in total. The molecule has 2 aromatic carbocycles. The maximum absolute atomic E-state index is 10.2. The summed E-state index contributed by atoms with van der Waals surface area (Å²) >= 11 is 3.04. The number of nitrogens with two attached hydrogens (primary N) is 1. The van der Waals surface area contributed by atoms with Crippen molar-refractivity contribution in [2.45, 2.75) is 0 Å². The number of aromatic nitrogens is 2. The lowest BCUT2D eigenvalue weighted by Crippen LogP contribution is -1.97. The van der Waals surface area contributed by atoms with Gasteiger partial charge in [-0.2, -0.15) is 0 Å². The van der Waals surface area contributed by atoms with Crippen LogP contribution in [0.5, 0.6) is 5.75 Å². The van der Waals surface area contributed by atoms with Crippen LogP contribution in [-0.4, -0.2) is 15.3 Å². The van der Waals surface area contributed by atoms with Crippen LogP contribution in [0.3, 0.4) is 0 Å². The minimum atomic E-state index is 0.104. The molecular weight excluding hydrogens is 330 g/mol. The first-order valence-corrected chi connectivity index (χ1v) is 6.96. The van der Waals surface area contributed by atoms with Crippen molar-refractivity contribution in [1.82, 2.24) is 10.2 Å².